The molecule has 0 spiro atoms. The Kier molecular flexibility index (Phi) is 9.36. The molecule has 2 nitrogen and oxygen atoms in total. The first-order valence-corrected chi connectivity index (χ1v) is 4.91. The standard InChI is InChI=1S/C9H10N2S.3ClH/c1-2-12-11-7-10-8-5-3-4-6-9(8)11;;;/h3-7H,2H2,1H3;3*1H. The Hall–Kier alpha value is -0.0900. The summed E-state index contributed by atoms with van der Waals surface area (Å²) in [7, 11) is 0. The summed E-state index contributed by atoms with van der Waals surface area (Å²) in [5.74, 6) is 1.07. The zero-order valence-electron chi connectivity index (χ0n) is 8.12. The van der Waals surface area contributed by atoms with Gasteiger partial charge in [-0.05, 0) is 24.1 Å². The minimum absolute atomic E-state index is 0. The van der Waals surface area contributed by atoms with Crippen LogP contribution in [0.25, 0.3) is 11.0 Å². The lowest BCUT2D eigenvalue weighted by molar-refractivity contribution is 1.26. The summed E-state index contributed by atoms with van der Waals surface area (Å²) in [6.45, 7) is 2.14. The van der Waals surface area contributed by atoms with Crippen LogP contribution in [0.4, 0.5) is 0 Å². The summed E-state index contributed by atoms with van der Waals surface area (Å²) in [5, 5.41) is 0. The van der Waals surface area contributed by atoms with E-state index in [0.29, 0.717) is 0 Å². The summed E-state index contributed by atoms with van der Waals surface area (Å²) in [4.78, 5) is 4.28. The summed E-state index contributed by atoms with van der Waals surface area (Å²) in [6, 6.07) is 8.17. The van der Waals surface area contributed by atoms with Crippen molar-refractivity contribution in [3.8, 4) is 0 Å². The number of fused-ring (bicyclic) bond motifs is 1. The van der Waals surface area contributed by atoms with Gasteiger partial charge in [0.2, 0.25) is 0 Å². The van der Waals surface area contributed by atoms with Gasteiger partial charge in [0.1, 0.15) is 6.33 Å². The predicted octanol–water partition coefficient (Wildman–Crippen LogP) is 3.82. The maximum absolute atomic E-state index is 4.28. The largest absolute Gasteiger partial charge is 0.272 e. The first-order valence-electron chi connectivity index (χ1n) is 3.97. The number of imidazole rings is 1. The third kappa shape index (κ3) is 3.76. The van der Waals surface area contributed by atoms with E-state index in [-0.39, 0.29) is 37.2 Å². The number of aromatic nitrogens is 2. The van der Waals surface area contributed by atoms with E-state index in [1.165, 1.54) is 5.52 Å². The average molecular weight is 288 g/mol. The number of benzene rings is 1. The zero-order chi connectivity index (χ0) is 8.39. The Morgan fingerprint density at radius 3 is 2.53 bits per heavy atom. The van der Waals surface area contributed by atoms with Gasteiger partial charge in [-0.1, -0.05) is 19.1 Å². The van der Waals surface area contributed by atoms with E-state index in [1.54, 1.807) is 11.9 Å². The summed E-state index contributed by atoms with van der Waals surface area (Å²) in [6.07, 6.45) is 1.87. The molecule has 6 heteroatoms. The van der Waals surface area contributed by atoms with Crippen LogP contribution in [0.15, 0.2) is 30.6 Å². The lowest BCUT2D eigenvalue weighted by Crippen LogP contribution is -1.83. The number of rotatable bonds is 2. The third-order valence-corrected chi connectivity index (χ3v) is 2.52. The Labute approximate surface area is 112 Å². The van der Waals surface area contributed by atoms with Crippen molar-refractivity contribution >= 4 is 60.2 Å². The zero-order valence-corrected chi connectivity index (χ0v) is 11.4. The molecular weight excluding hydrogens is 275 g/mol. The second kappa shape index (κ2) is 8.11. The summed E-state index contributed by atoms with van der Waals surface area (Å²) < 4.78 is 2.11. The van der Waals surface area contributed by atoms with Crippen molar-refractivity contribution in [1.82, 2.24) is 8.96 Å². The number of para-hydroxylation sites is 2. The van der Waals surface area contributed by atoms with Gasteiger partial charge in [0.15, 0.2) is 0 Å². The molecule has 0 atom stereocenters. The first-order chi connectivity index (χ1) is 5.92. The molecular formula is C9H13Cl3N2S. The SMILES string of the molecule is CCSn1cnc2ccccc21.Cl.Cl.Cl. The highest BCUT2D eigenvalue weighted by Crippen LogP contribution is 2.17. The predicted molar refractivity (Wildman–Crippen MR) is 75.0 cm³/mol. The Morgan fingerprint density at radius 2 is 1.87 bits per heavy atom. The van der Waals surface area contributed by atoms with Crippen LogP contribution < -0.4 is 0 Å². The second-order valence-corrected chi connectivity index (χ2v) is 3.71. The van der Waals surface area contributed by atoms with E-state index in [2.05, 4.69) is 21.9 Å². The number of hydrogen-bond donors (Lipinski definition) is 0. The van der Waals surface area contributed by atoms with Crippen molar-refractivity contribution in [3.05, 3.63) is 30.6 Å². The lowest BCUT2D eigenvalue weighted by Gasteiger charge is -1.97. The molecule has 2 aromatic rings. The smallest absolute Gasteiger partial charge is 0.106 e. The van der Waals surface area contributed by atoms with Crippen molar-refractivity contribution in [1.29, 1.82) is 0 Å². The van der Waals surface area contributed by atoms with Crippen LogP contribution in [0.1, 0.15) is 6.92 Å². The molecule has 0 aliphatic carbocycles. The van der Waals surface area contributed by atoms with Gasteiger partial charge in [-0.2, -0.15) is 0 Å². The highest BCUT2D eigenvalue weighted by Gasteiger charge is 1.99. The molecule has 15 heavy (non-hydrogen) atoms. The minimum atomic E-state index is 0. The van der Waals surface area contributed by atoms with E-state index in [1.807, 2.05) is 24.5 Å². The fraction of sp³-hybridized carbons (Fsp3) is 0.222. The molecule has 0 saturated carbocycles. The fourth-order valence-corrected chi connectivity index (χ4v) is 1.86. The highest BCUT2D eigenvalue weighted by molar-refractivity contribution is 7.97. The van der Waals surface area contributed by atoms with Crippen molar-refractivity contribution in [2.45, 2.75) is 6.92 Å². The second-order valence-electron chi connectivity index (χ2n) is 2.48. The summed E-state index contributed by atoms with van der Waals surface area (Å²) in [5.41, 5.74) is 2.27. The van der Waals surface area contributed by atoms with Crippen LogP contribution >= 0.6 is 49.2 Å². The Morgan fingerprint density at radius 1 is 1.20 bits per heavy atom. The number of hydrogen-bond acceptors (Lipinski definition) is 2. The fourth-order valence-electron chi connectivity index (χ4n) is 1.18. The average Bonchev–Trinajstić information content (AvgIpc) is 2.50. The third-order valence-electron chi connectivity index (χ3n) is 1.69. The molecule has 0 amide bonds. The molecule has 1 aromatic heterocycles. The molecule has 2 rings (SSSR count). The van der Waals surface area contributed by atoms with Crippen LogP contribution in [-0.4, -0.2) is 14.7 Å². The van der Waals surface area contributed by atoms with Gasteiger partial charge in [0, 0.05) is 5.75 Å². The van der Waals surface area contributed by atoms with Crippen LogP contribution in [0.2, 0.25) is 0 Å². The van der Waals surface area contributed by atoms with Crippen molar-refractivity contribution < 1.29 is 0 Å². The molecule has 0 fully saturated rings. The van der Waals surface area contributed by atoms with Gasteiger partial charge in [-0.25, -0.2) is 4.98 Å². The van der Waals surface area contributed by atoms with Gasteiger partial charge < -0.3 is 0 Å². The van der Waals surface area contributed by atoms with Gasteiger partial charge >= 0.3 is 0 Å². The maximum atomic E-state index is 4.28. The molecule has 0 aliphatic rings. The molecule has 1 aromatic carbocycles. The first kappa shape index (κ1) is 17.3. The monoisotopic (exact) mass is 286 g/mol. The van der Waals surface area contributed by atoms with Crippen molar-refractivity contribution in [2.24, 2.45) is 0 Å². The van der Waals surface area contributed by atoms with Crippen LogP contribution in [0, 0.1) is 0 Å². The molecule has 1 heterocycles. The van der Waals surface area contributed by atoms with Gasteiger partial charge in [0.25, 0.3) is 0 Å². The quantitative estimate of drug-likeness (QED) is 0.836. The van der Waals surface area contributed by atoms with Crippen molar-refractivity contribution in [3.63, 3.8) is 0 Å². The molecule has 0 unspecified atom stereocenters. The topological polar surface area (TPSA) is 17.8 Å². The normalized spacial score (nSPS) is 8.60. The van der Waals surface area contributed by atoms with Crippen LogP contribution in [-0.2, 0) is 0 Å². The van der Waals surface area contributed by atoms with E-state index in [9.17, 15) is 0 Å². The number of nitrogens with zero attached hydrogens (tertiary/aromatic N) is 2. The summed E-state index contributed by atoms with van der Waals surface area (Å²) >= 11 is 1.77. The maximum Gasteiger partial charge on any atom is 0.106 e. The lowest BCUT2D eigenvalue weighted by atomic mass is 10.3. The van der Waals surface area contributed by atoms with E-state index in [0.717, 1.165) is 11.3 Å². The Bertz CT molecular complexity index is 391. The van der Waals surface area contributed by atoms with E-state index < -0.39 is 0 Å². The van der Waals surface area contributed by atoms with Gasteiger partial charge in [0.05, 0.1) is 11.0 Å². The Balaban J connectivity index is 0. The molecule has 0 aliphatic heterocycles. The van der Waals surface area contributed by atoms with Gasteiger partial charge in [-0.15, -0.1) is 37.2 Å². The van der Waals surface area contributed by atoms with Crippen LogP contribution in [0.3, 0.4) is 0 Å². The molecule has 0 radical (unpaired) electrons. The molecule has 0 bridgehead atoms. The van der Waals surface area contributed by atoms with Crippen molar-refractivity contribution in [2.75, 3.05) is 5.75 Å². The molecule has 0 saturated heterocycles. The van der Waals surface area contributed by atoms with Crippen LogP contribution in [0.5, 0.6) is 0 Å². The minimum Gasteiger partial charge on any atom is -0.272 e. The molecule has 86 valence electrons. The number of halogens is 3. The molecule has 0 N–H and O–H groups in total. The highest BCUT2D eigenvalue weighted by atomic mass is 35.5. The van der Waals surface area contributed by atoms with Gasteiger partial charge in [-0.3, -0.25) is 3.97 Å². The van der Waals surface area contributed by atoms with E-state index >= 15 is 0 Å². The van der Waals surface area contributed by atoms with E-state index in [4.69, 9.17) is 0 Å².